The van der Waals surface area contributed by atoms with Gasteiger partial charge in [-0.25, -0.2) is 0 Å². The zero-order valence-electron chi connectivity index (χ0n) is 7.80. The predicted molar refractivity (Wildman–Crippen MR) is 42.7 cm³/mol. The second-order valence-corrected chi connectivity index (χ2v) is 3.32. The van der Waals surface area contributed by atoms with Gasteiger partial charge in [0.25, 0.3) is 0 Å². The number of amides is 1. The molecule has 0 spiro atoms. The normalized spacial score (nSPS) is 22.4. The largest absolute Gasteiger partial charge is 0.471 e. The molecule has 1 rings (SSSR count). The second-order valence-electron chi connectivity index (χ2n) is 3.32. The lowest BCUT2D eigenvalue weighted by molar-refractivity contribution is -0.185. The molecule has 3 nitrogen and oxygen atoms in total. The molecule has 0 aromatic carbocycles. The van der Waals surface area contributed by atoms with Crippen molar-refractivity contribution in [1.82, 2.24) is 4.90 Å². The maximum atomic E-state index is 11.9. The first-order chi connectivity index (χ1) is 6.41. The van der Waals surface area contributed by atoms with Crippen molar-refractivity contribution in [2.75, 3.05) is 20.2 Å². The lowest BCUT2D eigenvalue weighted by Crippen LogP contribution is -2.42. The number of rotatable bonds is 2. The van der Waals surface area contributed by atoms with Crippen molar-refractivity contribution in [3.8, 4) is 0 Å². The van der Waals surface area contributed by atoms with Crippen molar-refractivity contribution in [2.45, 2.75) is 25.1 Å². The van der Waals surface area contributed by atoms with E-state index in [-0.39, 0.29) is 12.6 Å². The molecule has 1 aliphatic heterocycles. The number of carbonyl (C=O) groups is 1. The standard InChI is InChI=1S/C8H12F3NO2/c1-12(7(13)8(9,10)11)5-6-3-2-4-14-6/h6H,2-5H2,1H3. The molecule has 0 aromatic rings. The van der Waals surface area contributed by atoms with Crippen LogP contribution >= 0.6 is 0 Å². The quantitative estimate of drug-likeness (QED) is 0.686. The number of ether oxygens (including phenoxy) is 1. The van der Waals surface area contributed by atoms with Gasteiger partial charge in [0.05, 0.1) is 6.10 Å². The maximum absolute atomic E-state index is 11.9. The van der Waals surface area contributed by atoms with Gasteiger partial charge >= 0.3 is 12.1 Å². The molecular weight excluding hydrogens is 199 g/mol. The minimum absolute atomic E-state index is 0.0122. The van der Waals surface area contributed by atoms with Gasteiger partial charge in [-0.05, 0) is 12.8 Å². The van der Waals surface area contributed by atoms with Crippen molar-refractivity contribution in [2.24, 2.45) is 0 Å². The van der Waals surface area contributed by atoms with Crippen molar-refractivity contribution < 1.29 is 22.7 Å². The topological polar surface area (TPSA) is 29.5 Å². The van der Waals surface area contributed by atoms with E-state index in [9.17, 15) is 18.0 Å². The highest BCUT2D eigenvalue weighted by Crippen LogP contribution is 2.19. The van der Waals surface area contributed by atoms with Gasteiger partial charge in [0.1, 0.15) is 0 Å². The summed E-state index contributed by atoms with van der Waals surface area (Å²) in [5, 5.41) is 0. The molecule has 1 heterocycles. The molecule has 14 heavy (non-hydrogen) atoms. The van der Waals surface area contributed by atoms with Crippen molar-refractivity contribution in [3.63, 3.8) is 0 Å². The number of likely N-dealkylation sites (N-methyl/N-ethyl adjacent to an activating group) is 1. The van der Waals surface area contributed by atoms with Gasteiger partial charge in [0.2, 0.25) is 0 Å². The molecular formula is C8H12F3NO2. The van der Waals surface area contributed by atoms with E-state index in [1.54, 1.807) is 0 Å². The summed E-state index contributed by atoms with van der Waals surface area (Å²) in [5.41, 5.74) is 0. The highest BCUT2D eigenvalue weighted by atomic mass is 19.4. The average molecular weight is 211 g/mol. The van der Waals surface area contributed by atoms with Crippen LogP contribution < -0.4 is 0 Å². The Morgan fingerprint density at radius 1 is 1.57 bits per heavy atom. The molecule has 1 fully saturated rings. The summed E-state index contributed by atoms with van der Waals surface area (Å²) >= 11 is 0. The van der Waals surface area contributed by atoms with E-state index in [0.29, 0.717) is 11.5 Å². The molecule has 0 radical (unpaired) electrons. The van der Waals surface area contributed by atoms with Gasteiger partial charge < -0.3 is 9.64 Å². The molecule has 1 atom stereocenters. The SMILES string of the molecule is CN(CC1CCCO1)C(=O)C(F)(F)F. The number of nitrogens with zero attached hydrogens (tertiary/aromatic N) is 1. The Bertz CT molecular complexity index is 211. The highest BCUT2D eigenvalue weighted by molar-refractivity contribution is 5.81. The van der Waals surface area contributed by atoms with Gasteiger partial charge in [-0.15, -0.1) is 0 Å². The highest BCUT2D eigenvalue weighted by Gasteiger charge is 2.41. The summed E-state index contributed by atoms with van der Waals surface area (Å²) in [5.74, 6) is -1.81. The maximum Gasteiger partial charge on any atom is 0.471 e. The van der Waals surface area contributed by atoms with Crippen LogP contribution in [-0.4, -0.2) is 43.3 Å². The van der Waals surface area contributed by atoms with Crippen LogP contribution in [0.2, 0.25) is 0 Å². The van der Waals surface area contributed by atoms with Crippen LogP contribution in [0.15, 0.2) is 0 Å². The fourth-order valence-corrected chi connectivity index (χ4v) is 1.39. The number of alkyl halides is 3. The fraction of sp³-hybridized carbons (Fsp3) is 0.875. The second kappa shape index (κ2) is 4.16. The van der Waals surface area contributed by atoms with Crippen LogP contribution in [0, 0.1) is 0 Å². The summed E-state index contributed by atoms with van der Waals surface area (Å²) in [4.78, 5) is 11.4. The summed E-state index contributed by atoms with van der Waals surface area (Å²) in [7, 11) is 1.14. The minimum Gasteiger partial charge on any atom is -0.376 e. The third-order valence-corrected chi connectivity index (χ3v) is 2.09. The van der Waals surface area contributed by atoms with E-state index in [1.807, 2.05) is 0 Å². The number of carbonyl (C=O) groups excluding carboxylic acids is 1. The van der Waals surface area contributed by atoms with Crippen LogP contribution in [-0.2, 0) is 9.53 Å². The molecule has 6 heteroatoms. The van der Waals surface area contributed by atoms with E-state index in [1.165, 1.54) is 0 Å². The van der Waals surface area contributed by atoms with E-state index in [0.717, 1.165) is 19.9 Å². The van der Waals surface area contributed by atoms with Crippen molar-refractivity contribution in [3.05, 3.63) is 0 Å². The molecule has 1 unspecified atom stereocenters. The van der Waals surface area contributed by atoms with Gasteiger partial charge in [0, 0.05) is 20.2 Å². The Kier molecular flexibility index (Phi) is 3.36. The number of halogens is 3. The lowest BCUT2D eigenvalue weighted by atomic mass is 10.2. The average Bonchev–Trinajstić information content (AvgIpc) is 2.53. The Labute approximate surface area is 79.8 Å². The van der Waals surface area contributed by atoms with Crippen LogP contribution in [0.1, 0.15) is 12.8 Å². The molecule has 0 N–H and O–H groups in total. The molecule has 82 valence electrons. The van der Waals surface area contributed by atoms with E-state index < -0.39 is 12.1 Å². The molecule has 0 bridgehead atoms. The fourth-order valence-electron chi connectivity index (χ4n) is 1.39. The van der Waals surface area contributed by atoms with E-state index in [2.05, 4.69) is 0 Å². The van der Waals surface area contributed by atoms with Crippen molar-refractivity contribution in [1.29, 1.82) is 0 Å². The first-order valence-corrected chi connectivity index (χ1v) is 4.35. The van der Waals surface area contributed by atoms with Gasteiger partial charge in [-0.2, -0.15) is 13.2 Å². The summed E-state index contributed by atoms with van der Waals surface area (Å²) in [6.45, 7) is 0.580. The third kappa shape index (κ3) is 2.87. The Morgan fingerprint density at radius 2 is 2.21 bits per heavy atom. The van der Waals surface area contributed by atoms with E-state index in [4.69, 9.17) is 4.74 Å². The summed E-state index contributed by atoms with van der Waals surface area (Å²) in [6, 6.07) is 0. The summed E-state index contributed by atoms with van der Waals surface area (Å²) in [6.07, 6.45) is -3.46. The van der Waals surface area contributed by atoms with Crippen LogP contribution in [0.4, 0.5) is 13.2 Å². The van der Waals surface area contributed by atoms with E-state index >= 15 is 0 Å². The Hall–Kier alpha value is -0.780. The smallest absolute Gasteiger partial charge is 0.376 e. The minimum atomic E-state index is -4.78. The van der Waals surface area contributed by atoms with Gasteiger partial charge in [-0.1, -0.05) is 0 Å². The molecule has 0 aliphatic carbocycles. The summed E-state index contributed by atoms with van der Waals surface area (Å²) < 4.78 is 40.9. The molecule has 1 amide bonds. The lowest BCUT2D eigenvalue weighted by Gasteiger charge is -2.21. The zero-order valence-corrected chi connectivity index (χ0v) is 7.80. The number of hydrogen-bond acceptors (Lipinski definition) is 2. The van der Waals surface area contributed by atoms with Crippen LogP contribution in [0.5, 0.6) is 0 Å². The van der Waals surface area contributed by atoms with Crippen LogP contribution in [0.3, 0.4) is 0 Å². The molecule has 0 aromatic heterocycles. The van der Waals surface area contributed by atoms with Gasteiger partial charge in [0.15, 0.2) is 0 Å². The van der Waals surface area contributed by atoms with Crippen molar-refractivity contribution >= 4 is 5.91 Å². The Morgan fingerprint density at radius 3 is 2.64 bits per heavy atom. The predicted octanol–water partition coefficient (Wildman–Crippen LogP) is 1.19. The number of hydrogen-bond donors (Lipinski definition) is 0. The monoisotopic (exact) mass is 211 g/mol. The van der Waals surface area contributed by atoms with Crippen LogP contribution in [0.25, 0.3) is 0 Å². The first-order valence-electron chi connectivity index (χ1n) is 4.35. The zero-order chi connectivity index (χ0) is 10.8. The first kappa shape index (κ1) is 11.3. The third-order valence-electron chi connectivity index (χ3n) is 2.09. The molecule has 1 aliphatic rings. The Balaban J connectivity index is 2.41. The molecule has 0 saturated carbocycles. The van der Waals surface area contributed by atoms with Gasteiger partial charge in [-0.3, -0.25) is 4.79 Å². The molecule has 1 saturated heterocycles.